The van der Waals surface area contributed by atoms with E-state index in [0.717, 1.165) is 5.69 Å². The zero-order valence-corrected chi connectivity index (χ0v) is 10.9. The van der Waals surface area contributed by atoms with Gasteiger partial charge in [0.05, 0.1) is 16.4 Å². The van der Waals surface area contributed by atoms with Gasteiger partial charge >= 0.3 is 0 Å². The first-order valence-electron chi connectivity index (χ1n) is 5.74. The first-order valence-corrected chi connectivity index (χ1v) is 6.12. The number of nitrogen functional groups attached to an aromatic ring is 1. The molecule has 2 rings (SSSR count). The normalized spacial score (nSPS) is 15.9. The van der Waals surface area contributed by atoms with E-state index in [2.05, 4.69) is 0 Å². The molecule has 0 aromatic heterocycles. The van der Waals surface area contributed by atoms with Gasteiger partial charge in [-0.05, 0) is 6.07 Å². The van der Waals surface area contributed by atoms with Crippen molar-refractivity contribution in [2.24, 2.45) is 0 Å². The number of halogens is 2. The standard InChI is InChI=1S/C12H15ClFN3O/c1-8(18)16-2-4-17(5-3-16)12-6-9(13)10(14)7-11(12)15/h6-7H,2-5,15H2,1H3. The maximum absolute atomic E-state index is 13.2. The number of piperazine rings is 1. The summed E-state index contributed by atoms with van der Waals surface area (Å²) in [5, 5.41) is 0.0631. The number of nitrogens with zero attached hydrogens (tertiary/aromatic N) is 2. The lowest BCUT2D eigenvalue weighted by molar-refractivity contribution is -0.129. The zero-order valence-electron chi connectivity index (χ0n) is 10.1. The van der Waals surface area contributed by atoms with Crippen LogP contribution in [0.15, 0.2) is 12.1 Å². The van der Waals surface area contributed by atoms with Crippen molar-refractivity contribution in [3.05, 3.63) is 23.0 Å². The molecule has 1 fully saturated rings. The summed E-state index contributed by atoms with van der Waals surface area (Å²) in [5.74, 6) is -0.444. The van der Waals surface area contributed by atoms with Crippen molar-refractivity contribution >= 4 is 28.9 Å². The summed E-state index contributed by atoms with van der Waals surface area (Å²) in [7, 11) is 0. The van der Waals surface area contributed by atoms with Crippen molar-refractivity contribution in [3.63, 3.8) is 0 Å². The van der Waals surface area contributed by atoms with Crippen LogP contribution in [0.5, 0.6) is 0 Å². The molecule has 6 heteroatoms. The highest BCUT2D eigenvalue weighted by atomic mass is 35.5. The van der Waals surface area contributed by atoms with Gasteiger partial charge in [0.15, 0.2) is 0 Å². The molecule has 0 radical (unpaired) electrons. The Balaban J connectivity index is 2.15. The molecule has 1 saturated heterocycles. The van der Waals surface area contributed by atoms with Gasteiger partial charge in [-0.1, -0.05) is 11.6 Å². The summed E-state index contributed by atoms with van der Waals surface area (Å²) in [6.07, 6.45) is 0. The van der Waals surface area contributed by atoms with Gasteiger partial charge in [-0.3, -0.25) is 4.79 Å². The van der Waals surface area contributed by atoms with Gasteiger partial charge in [0.2, 0.25) is 5.91 Å². The van der Waals surface area contributed by atoms with E-state index in [4.69, 9.17) is 17.3 Å². The molecule has 0 unspecified atom stereocenters. The van der Waals surface area contributed by atoms with E-state index < -0.39 is 5.82 Å². The largest absolute Gasteiger partial charge is 0.397 e. The second-order valence-electron chi connectivity index (χ2n) is 4.32. The van der Waals surface area contributed by atoms with E-state index in [-0.39, 0.29) is 10.9 Å². The van der Waals surface area contributed by atoms with Crippen LogP contribution in [0, 0.1) is 5.82 Å². The molecule has 2 N–H and O–H groups in total. The van der Waals surface area contributed by atoms with E-state index in [1.807, 2.05) is 4.90 Å². The van der Waals surface area contributed by atoms with Crippen molar-refractivity contribution < 1.29 is 9.18 Å². The number of rotatable bonds is 1. The molecule has 1 aromatic rings. The van der Waals surface area contributed by atoms with E-state index in [1.165, 1.54) is 12.1 Å². The number of carbonyl (C=O) groups excluding carboxylic acids is 1. The Morgan fingerprint density at radius 1 is 1.33 bits per heavy atom. The lowest BCUT2D eigenvalue weighted by Gasteiger charge is -2.36. The summed E-state index contributed by atoms with van der Waals surface area (Å²) < 4.78 is 13.2. The van der Waals surface area contributed by atoms with Crippen molar-refractivity contribution in [2.45, 2.75) is 6.92 Å². The van der Waals surface area contributed by atoms with Gasteiger partial charge in [0, 0.05) is 39.2 Å². The summed E-state index contributed by atoms with van der Waals surface area (Å²) in [5.41, 5.74) is 6.89. The maximum atomic E-state index is 13.2. The van der Waals surface area contributed by atoms with Crippen LogP contribution in [0.4, 0.5) is 15.8 Å². The molecule has 18 heavy (non-hydrogen) atoms. The van der Waals surface area contributed by atoms with Crippen LogP contribution in [-0.4, -0.2) is 37.0 Å². The first kappa shape index (κ1) is 13.0. The molecule has 1 amide bonds. The number of amides is 1. The third-order valence-corrected chi connectivity index (χ3v) is 3.42. The molecule has 98 valence electrons. The minimum absolute atomic E-state index is 0.0631. The lowest BCUT2D eigenvalue weighted by Crippen LogP contribution is -2.48. The number of carbonyl (C=O) groups is 1. The highest BCUT2D eigenvalue weighted by molar-refractivity contribution is 6.31. The third kappa shape index (κ3) is 2.51. The average Bonchev–Trinajstić information content (AvgIpc) is 2.34. The minimum atomic E-state index is -0.514. The Bertz CT molecular complexity index is 473. The van der Waals surface area contributed by atoms with Crippen LogP contribution in [0.2, 0.25) is 5.02 Å². The zero-order chi connectivity index (χ0) is 13.3. The fraction of sp³-hybridized carbons (Fsp3) is 0.417. The van der Waals surface area contributed by atoms with Gasteiger partial charge in [-0.2, -0.15) is 0 Å². The molecule has 0 spiro atoms. The Morgan fingerprint density at radius 3 is 2.50 bits per heavy atom. The van der Waals surface area contributed by atoms with E-state index in [1.54, 1.807) is 11.8 Å². The predicted molar refractivity (Wildman–Crippen MR) is 70.3 cm³/mol. The Labute approximate surface area is 110 Å². The second-order valence-corrected chi connectivity index (χ2v) is 4.73. The topological polar surface area (TPSA) is 49.6 Å². The molecule has 0 saturated carbocycles. The number of benzene rings is 1. The fourth-order valence-corrected chi connectivity index (χ4v) is 2.25. The van der Waals surface area contributed by atoms with Gasteiger partial charge in [-0.25, -0.2) is 4.39 Å². The highest BCUT2D eigenvalue weighted by Crippen LogP contribution is 2.30. The molecule has 1 aromatic carbocycles. The Kier molecular flexibility index (Phi) is 3.61. The number of nitrogens with two attached hydrogens (primary N) is 1. The van der Waals surface area contributed by atoms with Crippen LogP contribution >= 0.6 is 11.6 Å². The van der Waals surface area contributed by atoms with Crippen molar-refractivity contribution in [1.82, 2.24) is 4.90 Å². The summed E-state index contributed by atoms with van der Waals surface area (Å²) in [4.78, 5) is 15.0. The number of anilines is 2. The van der Waals surface area contributed by atoms with Crippen molar-refractivity contribution in [2.75, 3.05) is 36.8 Å². The van der Waals surface area contributed by atoms with Crippen molar-refractivity contribution in [3.8, 4) is 0 Å². The minimum Gasteiger partial charge on any atom is -0.397 e. The molecular formula is C12H15ClFN3O. The first-order chi connectivity index (χ1) is 8.49. The Hall–Kier alpha value is -1.49. The molecular weight excluding hydrogens is 257 g/mol. The van der Waals surface area contributed by atoms with Crippen LogP contribution < -0.4 is 10.6 Å². The average molecular weight is 272 g/mol. The molecule has 4 nitrogen and oxygen atoms in total. The molecule has 0 atom stereocenters. The molecule has 0 bridgehead atoms. The van der Waals surface area contributed by atoms with Crippen molar-refractivity contribution in [1.29, 1.82) is 0 Å². The van der Waals surface area contributed by atoms with Gasteiger partial charge in [-0.15, -0.1) is 0 Å². The molecule has 1 heterocycles. The van der Waals surface area contributed by atoms with E-state index >= 15 is 0 Å². The maximum Gasteiger partial charge on any atom is 0.219 e. The highest BCUT2D eigenvalue weighted by Gasteiger charge is 2.21. The summed E-state index contributed by atoms with van der Waals surface area (Å²) in [6, 6.07) is 2.77. The molecule has 1 aliphatic heterocycles. The van der Waals surface area contributed by atoms with Gasteiger partial charge in [0.1, 0.15) is 5.82 Å². The van der Waals surface area contributed by atoms with Crippen LogP contribution in [0.3, 0.4) is 0 Å². The number of hydrogen-bond acceptors (Lipinski definition) is 3. The SMILES string of the molecule is CC(=O)N1CCN(c2cc(Cl)c(F)cc2N)CC1. The molecule has 0 aliphatic carbocycles. The third-order valence-electron chi connectivity index (χ3n) is 3.14. The van der Waals surface area contributed by atoms with E-state index in [9.17, 15) is 9.18 Å². The molecule has 1 aliphatic rings. The monoisotopic (exact) mass is 271 g/mol. The lowest BCUT2D eigenvalue weighted by atomic mass is 10.2. The fourth-order valence-electron chi connectivity index (χ4n) is 2.09. The van der Waals surface area contributed by atoms with Crippen LogP contribution in [0.1, 0.15) is 6.92 Å². The van der Waals surface area contributed by atoms with Crippen LogP contribution in [0.25, 0.3) is 0 Å². The summed E-state index contributed by atoms with van der Waals surface area (Å²) >= 11 is 5.76. The van der Waals surface area contributed by atoms with Crippen LogP contribution in [-0.2, 0) is 4.79 Å². The Morgan fingerprint density at radius 2 is 1.94 bits per heavy atom. The second kappa shape index (κ2) is 5.02. The van der Waals surface area contributed by atoms with Gasteiger partial charge < -0.3 is 15.5 Å². The predicted octanol–water partition coefficient (Wildman–Crippen LogP) is 1.73. The van der Waals surface area contributed by atoms with Gasteiger partial charge in [0.25, 0.3) is 0 Å². The number of hydrogen-bond donors (Lipinski definition) is 1. The smallest absolute Gasteiger partial charge is 0.219 e. The quantitative estimate of drug-likeness (QED) is 0.792. The summed E-state index contributed by atoms with van der Waals surface area (Å²) in [6.45, 7) is 4.18. The van der Waals surface area contributed by atoms with E-state index in [0.29, 0.717) is 31.9 Å².